The second-order valence-electron chi connectivity index (χ2n) is 4.04. The molecule has 0 saturated carbocycles. The zero-order valence-corrected chi connectivity index (χ0v) is 11.5. The molecule has 7 heteroatoms. The van der Waals surface area contributed by atoms with Crippen molar-refractivity contribution in [3.63, 3.8) is 0 Å². The fourth-order valence-electron chi connectivity index (χ4n) is 1.66. The zero-order valence-electron chi connectivity index (χ0n) is 10.7. The third-order valence-electron chi connectivity index (χ3n) is 2.70. The standard InChI is InChI=1S/C13H12FN3O2S/c1-19-11-4-5-12(18)17(16-11)7-9-6-8(13(15)20)2-3-10(9)14/h2-6H,7H2,1H3,(H2,15,20). The van der Waals surface area contributed by atoms with Gasteiger partial charge in [-0.3, -0.25) is 4.79 Å². The molecule has 2 N–H and O–H groups in total. The highest BCUT2D eigenvalue weighted by Crippen LogP contribution is 2.12. The molecule has 1 heterocycles. The first kappa shape index (κ1) is 14.1. The van der Waals surface area contributed by atoms with Crippen LogP contribution < -0.4 is 16.0 Å². The molecule has 0 saturated heterocycles. The molecule has 2 aromatic rings. The first-order chi connectivity index (χ1) is 9.51. The molecule has 0 radical (unpaired) electrons. The van der Waals surface area contributed by atoms with Gasteiger partial charge in [0.15, 0.2) is 0 Å². The van der Waals surface area contributed by atoms with Gasteiger partial charge in [-0.05, 0) is 18.2 Å². The molecule has 2 rings (SSSR count). The van der Waals surface area contributed by atoms with E-state index in [0.29, 0.717) is 5.56 Å². The third-order valence-corrected chi connectivity index (χ3v) is 2.94. The summed E-state index contributed by atoms with van der Waals surface area (Å²) in [5.74, 6) is -0.183. The van der Waals surface area contributed by atoms with Gasteiger partial charge in [-0.2, -0.15) is 0 Å². The Kier molecular flexibility index (Phi) is 4.09. The topological polar surface area (TPSA) is 70.1 Å². The Labute approximate surface area is 119 Å². The zero-order chi connectivity index (χ0) is 14.7. The van der Waals surface area contributed by atoms with Gasteiger partial charge in [0, 0.05) is 23.3 Å². The lowest BCUT2D eigenvalue weighted by Gasteiger charge is -2.08. The molecule has 0 aliphatic carbocycles. The summed E-state index contributed by atoms with van der Waals surface area (Å²) in [5.41, 5.74) is 5.96. The van der Waals surface area contributed by atoms with Crippen LogP contribution in [0.2, 0.25) is 0 Å². The van der Waals surface area contributed by atoms with Gasteiger partial charge in [0.1, 0.15) is 10.8 Å². The summed E-state index contributed by atoms with van der Waals surface area (Å²) < 4.78 is 19.8. The molecule has 0 atom stereocenters. The first-order valence-corrected chi connectivity index (χ1v) is 6.12. The summed E-state index contributed by atoms with van der Waals surface area (Å²) in [6.45, 7) is -0.0294. The predicted molar refractivity (Wildman–Crippen MR) is 76.4 cm³/mol. The monoisotopic (exact) mass is 293 g/mol. The highest BCUT2D eigenvalue weighted by atomic mass is 32.1. The van der Waals surface area contributed by atoms with Gasteiger partial charge in [0.25, 0.3) is 5.56 Å². The van der Waals surface area contributed by atoms with Crippen LogP contribution in [0.3, 0.4) is 0 Å². The second kappa shape index (κ2) is 5.79. The lowest BCUT2D eigenvalue weighted by Crippen LogP contribution is -2.23. The number of nitrogens with zero attached hydrogens (tertiary/aromatic N) is 2. The maximum atomic E-state index is 13.8. The van der Waals surface area contributed by atoms with Crippen LogP contribution in [-0.4, -0.2) is 21.9 Å². The number of thiocarbonyl (C=S) groups is 1. The third kappa shape index (κ3) is 3.00. The van der Waals surface area contributed by atoms with Crippen LogP contribution in [-0.2, 0) is 6.54 Å². The average molecular weight is 293 g/mol. The van der Waals surface area contributed by atoms with E-state index in [9.17, 15) is 9.18 Å². The summed E-state index contributed by atoms with van der Waals surface area (Å²) in [7, 11) is 1.44. The van der Waals surface area contributed by atoms with E-state index >= 15 is 0 Å². The van der Waals surface area contributed by atoms with Crippen LogP contribution in [0.1, 0.15) is 11.1 Å². The number of aromatic nitrogens is 2. The molecule has 20 heavy (non-hydrogen) atoms. The van der Waals surface area contributed by atoms with Gasteiger partial charge in [-0.1, -0.05) is 12.2 Å². The SMILES string of the molecule is COc1ccc(=O)n(Cc2cc(C(N)=S)ccc2F)n1. The van der Waals surface area contributed by atoms with E-state index in [-0.39, 0.29) is 28.5 Å². The highest BCUT2D eigenvalue weighted by molar-refractivity contribution is 7.80. The predicted octanol–water partition coefficient (Wildman–Crippen LogP) is 1.07. The number of rotatable bonds is 4. The fraction of sp³-hybridized carbons (Fsp3) is 0.154. The minimum atomic E-state index is -0.457. The van der Waals surface area contributed by atoms with Gasteiger partial charge >= 0.3 is 0 Å². The number of nitrogens with two attached hydrogens (primary N) is 1. The number of ether oxygens (including phenoxy) is 1. The van der Waals surface area contributed by atoms with Crippen molar-refractivity contribution in [1.29, 1.82) is 0 Å². The molecule has 1 aromatic heterocycles. The Morgan fingerprint density at radius 1 is 1.45 bits per heavy atom. The van der Waals surface area contributed by atoms with Crippen LogP contribution in [0.15, 0.2) is 35.1 Å². The summed E-state index contributed by atoms with van der Waals surface area (Å²) in [6, 6.07) is 7.00. The molecular weight excluding hydrogens is 281 g/mol. The number of methoxy groups -OCH3 is 1. The minimum absolute atomic E-state index is 0.0294. The van der Waals surface area contributed by atoms with Crippen LogP contribution in [0.4, 0.5) is 4.39 Å². The first-order valence-electron chi connectivity index (χ1n) is 5.71. The van der Waals surface area contributed by atoms with E-state index in [1.807, 2.05) is 0 Å². The molecular formula is C13H12FN3O2S. The van der Waals surface area contributed by atoms with E-state index in [4.69, 9.17) is 22.7 Å². The molecule has 0 unspecified atom stereocenters. The van der Waals surface area contributed by atoms with Gasteiger partial charge < -0.3 is 10.5 Å². The van der Waals surface area contributed by atoms with Crippen molar-refractivity contribution in [2.45, 2.75) is 6.54 Å². The molecule has 1 aromatic carbocycles. The molecule has 104 valence electrons. The van der Waals surface area contributed by atoms with Crippen molar-refractivity contribution in [1.82, 2.24) is 9.78 Å². The molecule has 0 spiro atoms. The molecule has 5 nitrogen and oxygen atoms in total. The fourth-order valence-corrected chi connectivity index (χ4v) is 1.79. The van der Waals surface area contributed by atoms with E-state index in [1.54, 1.807) is 0 Å². The van der Waals surface area contributed by atoms with Crippen LogP contribution in [0, 0.1) is 5.82 Å². The van der Waals surface area contributed by atoms with Gasteiger partial charge in [-0.15, -0.1) is 5.10 Å². The highest BCUT2D eigenvalue weighted by Gasteiger charge is 2.08. The van der Waals surface area contributed by atoms with E-state index < -0.39 is 5.82 Å². The van der Waals surface area contributed by atoms with Crippen LogP contribution in [0.25, 0.3) is 0 Å². The second-order valence-corrected chi connectivity index (χ2v) is 4.48. The van der Waals surface area contributed by atoms with E-state index in [1.165, 1.54) is 37.4 Å². The van der Waals surface area contributed by atoms with Crippen molar-refractivity contribution in [3.8, 4) is 5.88 Å². The van der Waals surface area contributed by atoms with Crippen molar-refractivity contribution in [3.05, 3.63) is 57.6 Å². The Balaban J connectivity index is 2.41. The molecule has 0 bridgehead atoms. The Bertz CT molecular complexity index is 715. The van der Waals surface area contributed by atoms with Crippen molar-refractivity contribution < 1.29 is 9.13 Å². The Hall–Kier alpha value is -2.28. The van der Waals surface area contributed by atoms with Crippen LogP contribution >= 0.6 is 12.2 Å². The van der Waals surface area contributed by atoms with Crippen molar-refractivity contribution in [2.24, 2.45) is 5.73 Å². The average Bonchev–Trinajstić information content (AvgIpc) is 2.43. The number of hydrogen-bond donors (Lipinski definition) is 1. The normalized spacial score (nSPS) is 10.3. The maximum absolute atomic E-state index is 13.8. The van der Waals surface area contributed by atoms with E-state index in [2.05, 4.69) is 5.10 Å². The summed E-state index contributed by atoms with van der Waals surface area (Å²) in [5, 5.41) is 3.95. The van der Waals surface area contributed by atoms with Crippen molar-refractivity contribution in [2.75, 3.05) is 7.11 Å². The summed E-state index contributed by atoms with van der Waals surface area (Å²) in [4.78, 5) is 11.9. The maximum Gasteiger partial charge on any atom is 0.267 e. The Morgan fingerprint density at radius 2 is 2.20 bits per heavy atom. The largest absolute Gasteiger partial charge is 0.480 e. The summed E-state index contributed by atoms with van der Waals surface area (Å²) in [6.07, 6.45) is 0. The Morgan fingerprint density at radius 3 is 2.85 bits per heavy atom. The lowest BCUT2D eigenvalue weighted by atomic mass is 10.1. The van der Waals surface area contributed by atoms with Crippen molar-refractivity contribution >= 4 is 17.2 Å². The lowest BCUT2D eigenvalue weighted by molar-refractivity contribution is 0.378. The quantitative estimate of drug-likeness (QED) is 0.854. The molecule has 0 amide bonds. The number of hydrogen-bond acceptors (Lipinski definition) is 4. The molecule has 0 aliphatic heterocycles. The number of halogens is 1. The van der Waals surface area contributed by atoms with Gasteiger partial charge in [-0.25, -0.2) is 9.07 Å². The summed E-state index contributed by atoms with van der Waals surface area (Å²) >= 11 is 4.85. The smallest absolute Gasteiger partial charge is 0.267 e. The van der Waals surface area contributed by atoms with E-state index in [0.717, 1.165) is 4.68 Å². The molecule has 0 aliphatic rings. The molecule has 0 fully saturated rings. The van der Waals surface area contributed by atoms with Gasteiger partial charge in [0.05, 0.1) is 13.7 Å². The van der Waals surface area contributed by atoms with Gasteiger partial charge in [0.2, 0.25) is 5.88 Å². The number of benzene rings is 1. The minimum Gasteiger partial charge on any atom is -0.480 e. The van der Waals surface area contributed by atoms with Crippen LogP contribution in [0.5, 0.6) is 5.88 Å².